The van der Waals surface area contributed by atoms with Crippen LogP contribution in [0.5, 0.6) is 0 Å². The van der Waals surface area contributed by atoms with Crippen LogP contribution in [0.2, 0.25) is 5.02 Å². The fourth-order valence-electron chi connectivity index (χ4n) is 2.85. The number of rotatable bonds is 4. The van der Waals surface area contributed by atoms with Gasteiger partial charge in [0, 0.05) is 38.6 Å². The highest BCUT2D eigenvalue weighted by Crippen LogP contribution is 2.36. The zero-order valence-electron chi connectivity index (χ0n) is 13.6. The molecular weight excluding hydrogens is 368 g/mol. The van der Waals surface area contributed by atoms with Crippen LogP contribution in [0.1, 0.15) is 5.56 Å². The predicted octanol–water partition coefficient (Wildman–Crippen LogP) is 6.24. The summed E-state index contributed by atoms with van der Waals surface area (Å²) < 4.78 is 0. The van der Waals surface area contributed by atoms with Gasteiger partial charge in [0.2, 0.25) is 0 Å². The first-order chi connectivity index (χ1) is 12.6. The number of non-ortho nitro benzene ring substituents is 1. The Kier molecular flexibility index (Phi) is 4.49. The van der Waals surface area contributed by atoms with Crippen LogP contribution < -0.4 is 0 Å². The lowest BCUT2D eigenvalue weighted by Gasteiger charge is -2.11. The van der Waals surface area contributed by atoms with Crippen LogP contribution in [0.4, 0.5) is 5.69 Å². The zero-order valence-corrected chi connectivity index (χ0v) is 15.1. The number of halogens is 1. The third kappa shape index (κ3) is 3.23. The van der Waals surface area contributed by atoms with Gasteiger partial charge in [-0.1, -0.05) is 48.0 Å². The lowest BCUT2D eigenvalue weighted by molar-refractivity contribution is -0.384. The third-order valence-corrected chi connectivity index (χ3v) is 5.57. The first-order valence-corrected chi connectivity index (χ1v) is 9.32. The number of hydrogen-bond acceptors (Lipinski definition) is 4. The number of hydrogen-bond donors (Lipinski definition) is 0. The van der Waals surface area contributed by atoms with Crippen molar-refractivity contribution in [2.75, 3.05) is 0 Å². The second kappa shape index (κ2) is 6.94. The lowest BCUT2D eigenvalue weighted by Crippen LogP contribution is -1.90. The summed E-state index contributed by atoms with van der Waals surface area (Å²) in [5.41, 5.74) is 2.92. The number of benzene rings is 3. The average molecular weight is 381 g/mol. The number of aromatic nitrogens is 1. The molecule has 0 aliphatic rings. The molecule has 0 saturated carbocycles. The van der Waals surface area contributed by atoms with Gasteiger partial charge in [0.25, 0.3) is 5.69 Å². The molecule has 6 heteroatoms. The van der Waals surface area contributed by atoms with E-state index in [9.17, 15) is 10.1 Å². The van der Waals surface area contributed by atoms with Crippen molar-refractivity contribution in [2.24, 2.45) is 0 Å². The maximum absolute atomic E-state index is 10.8. The van der Waals surface area contributed by atoms with Gasteiger partial charge in [-0.05, 0) is 23.8 Å². The summed E-state index contributed by atoms with van der Waals surface area (Å²) in [7, 11) is 0. The van der Waals surface area contributed by atoms with Gasteiger partial charge in [-0.15, -0.1) is 11.8 Å². The van der Waals surface area contributed by atoms with E-state index in [1.807, 2.05) is 36.4 Å². The molecule has 128 valence electrons. The first kappa shape index (κ1) is 16.8. The van der Waals surface area contributed by atoms with Gasteiger partial charge in [-0.25, -0.2) is 4.98 Å². The summed E-state index contributed by atoms with van der Waals surface area (Å²) in [5, 5.41) is 13.6. The van der Waals surface area contributed by atoms with Gasteiger partial charge in [-0.3, -0.25) is 10.1 Å². The Bertz CT molecular complexity index is 1130. The number of thioether (sulfide) groups is 1. The largest absolute Gasteiger partial charge is 0.269 e. The molecule has 1 aromatic heterocycles. The highest BCUT2D eigenvalue weighted by atomic mass is 35.5. The van der Waals surface area contributed by atoms with Crippen LogP contribution in [0.3, 0.4) is 0 Å². The second-order valence-corrected chi connectivity index (χ2v) is 7.25. The number of fused-ring (bicyclic) bond motifs is 2. The molecule has 3 aromatic carbocycles. The van der Waals surface area contributed by atoms with Gasteiger partial charge < -0.3 is 0 Å². The van der Waals surface area contributed by atoms with E-state index in [-0.39, 0.29) is 10.6 Å². The molecule has 26 heavy (non-hydrogen) atoms. The van der Waals surface area contributed by atoms with Crippen LogP contribution in [0.15, 0.2) is 71.6 Å². The summed E-state index contributed by atoms with van der Waals surface area (Å²) in [6.45, 7) is 0. The van der Waals surface area contributed by atoms with E-state index in [2.05, 4.69) is 6.07 Å². The number of nitro benzene ring substituents is 1. The Morgan fingerprint density at radius 2 is 1.69 bits per heavy atom. The molecule has 4 aromatic rings. The minimum Gasteiger partial charge on any atom is -0.258 e. The number of nitro groups is 1. The fraction of sp³-hybridized carbons (Fsp3) is 0.0500. The van der Waals surface area contributed by atoms with Gasteiger partial charge >= 0.3 is 0 Å². The molecule has 0 aliphatic heterocycles. The van der Waals surface area contributed by atoms with E-state index in [0.717, 1.165) is 32.3 Å². The molecule has 0 unspecified atom stereocenters. The van der Waals surface area contributed by atoms with Crippen molar-refractivity contribution in [3.05, 3.63) is 87.4 Å². The number of nitrogens with zero attached hydrogens (tertiary/aromatic N) is 2. The Morgan fingerprint density at radius 3 is 2.46 bits per heavy atom. The quantitative estimate of drug-likeness (QED) is 0.182. The van der Waals surface area contributed by atoms with E-state index >= 15 is 0 Å². The zero-order chi connectivity index (χ0) is 18.1. The molecule has 4 nitrogen and oxygen atoms in total. The van der Waals surface area contributed by atoms with Gasteiger partial charge in [0.05, 0.1) is 16.0 Å². The topological polar surface area (TPSA) is 56.0 Å². The summed E-state index contributed by atoms with van der Waals surface area (Å²) in [4.78, 5) is 16.3. The van der Waals surface area contributed by atoms with Crippen molar-refractivity contribution < 1.29 is 4.92 Å². The van der Waals surface area contributed by atoms with Crippen LogP contribution in [0, 0.1) is 10.1 Å². The summed E-state index contributed by atoms with van der Waals surface area (Å²) >= 11 is 7.83. The molecule has 0 amide bonds. The Labute approximate surface area is 159 Å². The highest BCUT2D eigenvalue weighted by molar-refractivity contribution is 7.99. The fourth-order valence-corrected chi connectivity index (χ4v) is 4.18. The number of pyridine rings is 1. The molecular formula is C20H13ClN2O2S. The standard InChI is InChI=1S/C20H13ClN2O2S/c21-14-7-10-17-19(11-14)22-18-4-2-1-3-16(18)20(17)26-12-13-5-8-15(9-6-13)23(24)25/h1-11H,12H2. The van der Waals surface area contributed by atoms with Gasteiger partial charge in [-0.2, -0.15) is 0 Å². The van der Waals surface area contributed by atoms with Gasteiger partial charge in [0.1, 0.15) is 0 Å². The lowest BCUT2D eigenvalue weighted by atomic mass is 10.1. The van der Waals surface area contributed by atoms with Crippen molar-refractivity contribution in [3.63, 3.8) is 0 Å². The van der Waals surface area contributed by atoms with Crippen LogP contribution in [-0.2, 0) is 5.75 Å². The monoisotopic (exact) mass is 380 g/mol. The maximum Gasteiger partial charge on any atom is 0.269 e. The van der Waals surface area contributed by atoms with Crippen LogP contribution in [0.25, 0.3) is 21.8 Å². The molecule has 0 radical (unpaired) electrons. The van der Waals surface area contributed by atoms with Crippen molar-refractivity contribution in [2.45, 2.75) is 10.6 Å². The molecule has 0 atom stereocenters. The summed E-state index contributed by atoms with van der Waals surface area (Å²) in [6, 6.07) is 20.4. The van der Waals surface area contributed by atoms with E-state index in [4.69, 9.17) is 16.6 Å². The van der Waals surface area contributed by atoms with E-state index < -0.39 is 0 Å². The van der Waals surface area contributed by atoms with Gasteiger partial charge in [0.15, 0.2) is 0 Å². The van der Waals surface area contributed by atoms with E-state index in [1.165, 1.54) is 0 Å². The number of para-hydroxylation sites is 1. The minimum atomic E-state index is -0.384. The van der Waals surface area contributed by atoms with E-state index in [1.54, 1.807) is 36.0 Å². The van der Waals surface area contributed by atoms with Crippen molar-refractivity contribution >= 4 is 50.9 Å². The smallest absolute Gasteiger partial charge is 0.258 e. The Morgan fingerprint density at radius 1 is 0.962 bits per heavy atom. The average Bonchev–Trinajstić information content (AvgIpc) is 2.65. The minimum absolute atomic E-state index is 0.105. The SMILES string of the molecule is O=[N+]([O-])c1ccc(CSc2c3ccccc3nc3cc(Cl)ccc23)cc1. The highest BCUT2D eigenvalue weighted by Gasteiger charge is 2.11. The van der Waals surface area contributed by atoms with Crippen LogP contribution in [-0.4, -0.2) is 9.91 Å². The predicted molar refractivity (Wildman–Crippen MR) is 107 cm³/mol. The third-order valence-electron chi connectivity index (χ3n) is 4.12. The second-order valence-electron chi connectivity index (χ2n) is 5.83. The molecule has 0 spiro atoms. The Hall–Kier alpha value is -2.63. The summed E-state index contributed by atoms with van der Waals surface area (Å²) in [6.07, 6.45) is 0. The van der Waals surface area contributed by atoms with Crippen molar-refractivity contribution in [1.82, 2.24) is 4.98 Å². The van der Waals surface area contributed by atoms with Crippen molar-refractivity contribution in [1.29, 1.82) is 0 Å². The maximum atomic E-state index is 10.8. The van der Waals surface area contributed by atoms with E-state index in [0.29, 0.717) is 10.8 Å². The summed E-state index contributed by atoms with van der Waals surface area (Å²) in [5.74, 6) is 0.712. The first-order valence-electron chi connectivity index (χ1n) is 7.96. The normalized spacial score (nSPS) is 11.1. The van der Waals surface area contributed by atoms with Crippen molar-refractivity contribution in [3.8, 4) is 0 Å². The Balaban J connectivity index is 1.75. The molecule has 0 N–H and O–H groups in total. The molecule has 0 saturated heterocycles. The van der Waals surface area contributed by atoms with Crippen LogP contribution >= 0.6 is 23.4 Å². The molecule has 4 rings (SSSR count). The molecule has 1 heterocycles. The molecule has 0 fully saturated rings. The molecule has 0 bridgehead atoms. The molecule has 0 aliphatic carbocycles.